The van der Waals surface area contributed by atoms with Crippen LogP contribution < -0.4 is 4.90 Å². The third-order valence-electron chi connectivity index (χ3n) is 13.7. The zero-order valence-corrected chi connectivity index (χ0v) is 37.8. The van der Waals surface area contributed by atoms with Gasteiger partial charge >= 0.3 is 0 Å². The molecule has 3 nitrogen and oxygen atoms in total. The fourth-order valence-electron chi connectivity index (χ4n) is 10.4. The van der Waals surface area contributed by atoms with Crippen LogP contribution in [0.1, 0.15) is 0 Å². The Bertz CT molecular complexity index is 3880. The fraction of sp³-hybridized carbons (Fsp3) is 0. The molecule has 0 saturated carbocycles. The number of benzene rings is 11. The summed E-state index contributed by atoms with van der Waals surface area (Å²) in [5.41, 5.74) is 19.9. The van der Waals surface area contributed by atoms with Crippen LogP contribution in [0.5, 0.6) is 0 Å². The Morgan fingerprint density at radius 3 is 1.09 bits per heavy atom. The van der Waals surface area contributed by atoms with E-state index in [2.05, 4.69) is 287 Å². The summed E-state index contributed by atoms with van der Waals surface area (Å²) in [5.74, 6) is 0. The normalized spacial score (nSPS) is 11.5. The van der Waals surface area contributed by atoms with Gasteiger partial charge in [0.25, 0.3) is 0 Å². The highest BCUT2D eigenvalue weighted by Crippen LogP contribution is 2.41. The highest BCUT2D eigenvalue weighted by atomic mass is 15.1. The summed E-state index contributed by atoms with van der Waals surface area (Å²) >= 11 is 0. The molecule has 0 fully saturated rings. The highest BCUT2D eigenvalue weighted by molar-refractivity contribution is 6.13. The summed E-state index contributed by atoms with van der Waals surface area (Å²) in [6, 6.07) is 99.0. The number of hydrogen-bond donors (Lipinski definition) is 0. The molecule has 0 atom stereocenters. The van der Waals surface area contributed by atoms with Crippen LogP contribution in [-0.2, 0) is 0 Å². The zero-order valence-electron chi connectivity index (χ0n) is 37.8. The lowest BCUT2D eigenvalue weighted by atomic mass is 9.93. The predicted molar refractivity (Wildman–Crippen MR) is 292 cm³/mol. The SMILES string of the molecule is c1ccc(-c2cc(-c3ccccc3)cc(-c3cccc(-n4c5ccccc5c5cc(-c6ccc7c(c6)c6ccccc6n7-c6ccc(N(c7ccccc7)c7ccccc7)cc6)ccc54)c3)c2)cc1. The number of aromatic nitrogens is 2. The first kappa shape index (κ1) is 40.1. The predicted octanol–water partition coefficient (Wildman–Crippen LogP) is 18.0. The van der Waals surface area contributed by atoms with E-state index < -0.39 is 0 Å². The minimum atomic E-state index is 1.11. The van der Waals surface area contributed by atoms with Crippen molar-refractivity contribution in [2.75, 3.05) is 4.90 Å². The van der Waals surface area contributed by atoms with Gasteiger partial charge in [0, 0.05) is 50.0 Å². The second-order valence-corrected chi connectivity index (χ2v) is 17.8. The van der Waals surface area contributed by atoms with E-state index in [0.717, 1.165) is 28.4 Å². The molecule has 0 aliphatic rings. The third kappa shape index (κ3) is 7.16. The van der Waals surface area contributed by atoms with Gasteiger partial charge < -0.3 is 14.0 Å². The van der Waals surface area contributed by atoms with Crippen molar-refractivity contribution >= 4 is 60.7 Å². The van der Waals surface area contributed by atoms with Gasteiger partial charge in [0.2, 0.25) is 0 Å². The minimum absolute atomic E-state index is 1.11. The number of rotatable bonds is 9. The second kappa shape index (κ2) is 16.9. The maximum Gasteiger partial charge on any atom is 0.0541 e. The summed E-state index contributed by atoms with van der Waals surface area (Å²) < 4.78 is 4.83. The van der Waals surface area contributed by atoms with E-state index in [-0.39, 0.29) is 0 Å². The molecule has 2 aromatic heterocycles. The van der Waals surface area contributed by atoms with E-state index in [1.54, 1.807) is 0 Å². The molecule has 11 aromatic carbocycles. The van der Waals surface area contributed by atoms with Crippen LogP contribution in [0.15, 0.2) is 273 Å². The molecule has 69 heavy (non-hydrogen) atoms. The summed E-state index contributed by atoms with van der Waals surface area (Å²) in [7, 11) is 0. The van der Waals surface area contributed by atoms with Crippen molar-refractivity contribution < 1.29 is 0 Å². The summed E-state index contributed by atoms with van der Waals surface area (Å²) in [6.07, 6.45) is 0. The van der Waals surface area contributed by atoms with Crippen LogP contribution >= 0.6 is 0 Å². The molecule has 2 heterocycles. The zero-order chi connectivity index (χ0) is 45.7. The van der Waals surface area contributed by atoms with Crippen LogP contribution in [0.3, 0.4) is 0 Å². The Kier molecular flexibility index (Phi) is 9.84. The van der Waals surface area contributed by atoms with Crippen LogP contribution in [0.25, 0.3) is 99.5 Å². The quantitative estimate of drug-likeness (QED) is 0.141. The number of anilines is 3. The minimum Gasteiger partial charge on any atom is -0.311 e. The molecule has 13 aromatic rings. The Morgan fingerprint density at radius 2 is 0.580 bits per heavy atom. The maximum atomic E-state index is 2.43. The van der Waals surface area contributed by atoms with Crippen LogP contribution in [0, 0.1) is 0 Å². The first-order chi connectivity index (χ1) is 34.2. The van der Waals surface area contributed by atoms with Crippen LogP contribution in [0.4, 0.5) is 17.1 Å². The van der Waals surface area contributed by atoms with E-state index in [1.165, 1.54) is 88.1 Å². The van der Waals surface area contributed by atoms with E-state index >= 15 is 0 Å². The average Bonchev–Trinajstić information content (AvgIpc) is 3.94. The van der Waals surface area contributed by atoms with Gasteiger partial charge in [-0.15, -0.1) is 0 Å². The monoisotopic (exact) mass is 879 g/mol. The van der Waals surface area contributed by atoms with Crippen molar-refractivity contribution in [3.63, 3.8) is 0 Å². The lowest BCUT2D eigenvalue weighted by Crippen LogP contribution is -2.09. The van der Waals surface area contributed by atoms with E-state index in [9.17, 15) is 0 Å². The van der Waals surface area contributed by atoms with Gasteiger partial charge in [0.1, 0.15) is 0 Å². The van der Waals surface area contributed by atoms with Gasteiger partial charge in [-0.1, -0.05) is 158 Å². The lowest BCUT2D eigenvalue weighted by molar-refractivity contribution is 1.17. The molecule has 0 bridgehead atoms. The molecule has 0 aliphatic heterocycles. The summed E-state index contributed by atoms with van der Waals surface area (Å²) in [6.45, 7) is 0. The lowest BCUT2D eigenvalue weighted by Gasteiger charge is -2.25. The molecular formula is C66H45N3. The van der Waals surface area contributed by atoms with Crippen molar-refractivity contribution in [3.8, 4) is 55.9 Å². The molecule has 0 spiro atoms. The Hall–Kier alpha value is -9.18. The van der Waals surface area contributed by atoms with Gasteiger partial charge in [-0.3, -0.25) is 0 Å². The van der Waals surface area contributed by atoms with Gasteiger partial charge in [0.05, 0.1) is 22.1 Å². The summed E-state index contributed by atoms with van der Waals surface area (Å²) in [5, 5.41) is 4.93. The largest absolute Gasteiger partial charge is 0.311 e. The highest BCUT2D eigenvalue weighted by Gasteiger charge is 2.18. The van der Waals surface area contributed by atoms with Gasteiger partial charge in [-0.2, -0.15) is 0 Å². The molecule has 0 unspecified atom stereocenters. The number of hydrogen-bond acceptors (Lipinski definition) is 1. The Morgan fingerprint density at radius 1 is 0.203 bits per heavy atom. The third-order valence-corrected chi connectivity index (χ3v) is 13.7. The van der Waals surface area contributed by atoms with Gasteiger partial charge in [-0.05, 0) is 160 Å². The first-order valence-electron chi connectivity index (χ1n) is 23.7. The van der Waals surface area contributed by atoms with Crippen LogP contribution in [0.2, 0.25) is 0 Å². The van der Waals surface area contributed by atoms with E-state index in [4.69, 9.17) is 0 Å². The Labute approximate surface area is 401 Å². The van der Waals surface area contributed by atoms with Crippen molar-refractivity contribution in [1.29, 1.82) is 0 Å². The molecule has 0 N–H and O–H groups in total. The summed E-state index contributed by atoms with van der Waals surface area (Å²) in [4.78, 5) is 2.31. The van der Waals surface area contributed by atoms with Crippen molar-refractivity contribution in [2.45, 2.75) is 0 Å². The van der Waals surface area contributed by atoms with Crippen LogP contribution in [-0.4, -0.2) is 9.13 Å². The topological polar surface area (TPSA) is 13.1 Å². The maximum absolute atomic E-state index is 2.43. The van der Waals surface area contributed by atoms with Crippen molar-refractivity contribution in [3.05, 3.63) is 273 Å². The second-order valence-electron chi connectivity index (χ2n) is 17.8. The molecule has 13 rings (SSSR count). The molecule has 0 saturated heterocycles. The molecule has 0 aliphatic carbocycles. The average molecular weight is 880 g/mol. The molecule has 0 radical (unpaired) electrons. The van der Waals surface area contributed by atoms with E-state index in [0.29, 0.717) is 0 Å². The van der Waals surface area contributed by atoms with Gasteiger partial charge in [0.15, 0.2) is 0 Å². The number of fused-ring (bicyclic) bond motifs is 6. The molecule has 0 amide bonds. The molecule has 324 valence electrons. The van der Waals surface area contributed by atoms with Crippen molar-refractivity contribution in [2.24, 2.45) is 0 Å². The molecule has 3 heteroatoms. The number of nitrogens with zero attached hydrogens (tertiary/aromatic N) is 3. The van der Waals surface area contributed by atoms with Crippen molar-refractivity contribution in [1.82, 2.24) is 9.13 Å². The first-order valence-corrected chi connectivity index (χ1v) is 23.7. The Balaban J connectivity index is 0.888. The van der Waals surface area contributed by atoms with Gasteiger partial charge in [-0.25, -0.2) is 0 Å². The number of para-hydroxylation sites is 4. The van der Waals surface area contributed by atoms with E-state index in [1.807, 2.05) is 0 Å². The fourth-order valence-corrected chi connectivity index (χ4v) is 10.4. The smallest absolute Gasteiger partial charge is 0.0541 e. The standard InChI is InChI=1S/C66H45N3/c1-5-18-46(19-6-1)51-40-52(47-20-7-2-8-21-47)42-53(41-51)48-22-17-27-58(43-48)69-64-31-16-14-29-60(64)62-45-50(33-39-66(62)69)49-32-38-65-61(44-49)59-28-13-15-30-63(59)68(65)57-36-34-56(35-37-57)67(54-23-9-3-10-24-54)55-25-11-4-12-26-55/h1-45H. The molecular weight excluding hydrogens is 835 g/mol.